The smallest absolute Gasteiger partial charge is 0.340 e. The van der Waals surface area contributed by atoms with Gasteiger partial charge < -0.3 is 9.84 Å². The highest BCUT2D eigenvalue weighted by Crippen LogP contribution is 2.16. The lowest BCUT2D eigenvalue weighted by Gasteiger charge is -2.04. The van der Waals surface area contributed by atoms with Crippen molar-refractivity contribution in [2.75, 3.05) is 7.11 Å². The third-order valence-corrected chi connectivity index (χ3v) is 1.89. The van der Waals surface area contributed by atoms with Gasteiger partial charge >= 0.3 is 5.97 Å². The first-order valence-corrected chi connectivity index (χ1v) is 4.05. The Labute approximate surface area is 85.5 Å². The summed E-state index contributed by atoms with van der Waals surface area (Å²) in [6.45, 7) is -0.457. The van der Waals surface area contributed by atoms with E-state index in [0.717, 1.165) is 19.2 Å². The Kier molecular flexibility index (Phi) is 3.37. The molecule has 5 heteroatoms. The van der Waals surface area contributed by atoms with Gasteiger partial charge in [-0.15, -0.1) is 0 Å². The quantitative estimate of drug-likeness (QED) is 0.737. The molecule has 0 aliphatic carbocycles. The fourth-order valence-corrected chi connectivity index (χ4v) is 1.12. The molecule has 78 valence electrons. The summed E-state index contributed by atoms with van der Waals surface area (Å²) < 4.78 is 17.6. The van der Waals surface area contributed by atoms with Gasteiger partial charge in [0, 0.05) is 0 Å². The average Bonchev–Trinajstić information content (AvgIpc) is 2.27. The highest BCUT2D eigenvalue weighted by atomic mass is 19.1. The fraction of sp³-hybridized carbons (Fsp3) is 0.200. The van der Waals surface area contributed by atoms with E-state index >= 15 is 0 Å². The van der Waals surface area contributed by atoms with E-state index in [4.69, 9.17) is 10.4 Å². The van der Waals surface area contributed by atoms with Crippen molar-refractivity contribution in [3.05, 3.63) is 34.6 Å². The number of esters is 1. The molecule has 0 spiro atoms. The van der Waals surface area contributed by atoms with Gasteiger partial charge in [0.05, 0.1) is 30.9 Å². The molecule has 0 heterocycles. The Bertz CT molecular complexity index is 437. The van der Waals surface area contributed by atoms with Crippen LogP contribution in [0, 0.1) is 17.1 Å². The van der Waals surface area contributed by atoms with Crippen LogP contribution in [0.15, 0.2) is 12.1 Å². The Morgan fingerprint density at radius 3 is 2.80 bits per heavy atom. The Balaban J connectivity index is 3.33. The van der Waals surface area contributed by atoms with Crippen LogP contribution in [0.25, 0.3) is 0 Å². The van der Waals surface area contributed by atoms with Crippen LogP contribution in [0.4, 0.5) is 4.39 Å². The van der Waals surface area contributed by atoms with Crippen molar-refractivity contribution in [2.45, 2.75) is 6.61 Å². The molecule has 0 saturated heterocycles. The van der Waals surface area contributed by atoms with Gasteiger partial charge in [-0.05, 0) is 17.7 Å². The van der Waals surface area contributed by atoms with Crippen molar-refractivity contribution < 1.29 is 19.0 Å². The summed E-state index contributed by atoms with van der Waals surface area (Å²) >= 11 is 0. The number of ether oxygens (including phenoxy) is 1. The molecule has 0 radical (unpaired) electrons. The van der Waals surface area contributed by atoms with Crippen LogP contribution < -0.4 is 0 Å². The predicted molar refractivity (Wildman–Crippen MR) is 48.4 cm³/mol. The number of hydrogen-bond donors (Lipinski definition) is 1. The first kappa shape index (κ1) is 11.1. The van der Waals surface area contributed by atoms with Crippen molar-refractivity contribution in [2.24, 2.45) is 0 Å². The van der Waals surface area contributed by atoms with E-state index in [9.17, 15) is 9.18 Å². The van der Waals surface area contributed by atoms with E-state index in [1.807, 2.05) is 0 Å². The second kappa shape index (κ2) is 4.53. The van der Waals surface area contributed by atoms with Crippen LogP contribution in [-0.2, 0) is 11.3 Å². The summed E-state index contributed by atoms with van der Waals surface area (Å²) in [5.74, 6) is -1.67. The maximum Gasteiger partial charge on any atom is 0.340 e. The summed E-state index contributed by atoms with van der Waals surface area (Å²) in [4.78, 5) is 11.1. The van der Waals surface area contributed by atoms with Crippen LogP contribution >= 0.6 is 0 Å². The molecule has 0 fully saturated rings. The largest absolute Gasteiger partial charge is 0.465 e. The van der Waals surface area contributed by atoms with E-state index in [-0.39, 0.29) is 16.7 Å². The Hall–Kier alpha value is -1.93. The molecule has 0 aliphatic rings. The number of nitriles is 1. The predicted octanol–water partition coefficient (Wildman–Crippen LogP) is 0.976. The maximum absolute atomic E-state index is 13.3. The Morgan fingerprint density at radius 2 is 2.33 bits per heavy atom. The van der Waals surface area contributed by atoms with Crippen LogP contribution in [-0.4, -0.2) is 18.2 Å². The standard InChI is InChI=1S/C10H8FNO3/c1-15-10(14)8-2-6(4-12)7(5-13)3-9(8)11/h2-3,13H,5H2,1H3. The molecule has 1 N–H and O–H groups in total. The molecule has 0 bridgehead atoms. The third-order valence-electron chi connectivity index (χ3n) is 1.89. The zero-order valence-corrected chi connectivity index (χ0v) is 7.95. The number of hydrogen-bond acceptors (Lipinski definition) is 4. The van der Waals surface area contributed by atoms with Crippen LogP contribution in [0.3, 0.4) is 0 Å². The highest BCUT2D eigenvalue weighted by Gasteiger charge is 2.15. The fourth-order valence-electron chi connectivity index (χ4n) is 1.12. The van der Waals surface area contributed by atoms with Gasteiger partial charge in [0.1, 0.15) is 5.82 Å². The first-order valence-electron chi connectivity index (χ1n) is 4.05. The molecule has 0 aromatic heterocycles. The minimum absolute atomic E-state index is 0.0549. The second-order valence-corrected chi connectivity index (χ2v) is 2.75. The molecule has 15 heavy (non-hydrogen) atoms. The zero-order chi connectivity index (χ0) is 11.4. The zero-order valence-electron chi connectivity index (χ0n) is 7.95. The molecule has 0 aliphatic heterocycles. The number of aliphatic hydroxyl groups is 1. The summed E-state index contributed by atoms with van der Waals surface area (Å²) in [6, 6.07) is 3.77. The molecule has 1 aromatic rings. The molecule has 0 amide bonds. The van der Waals surface area contributed by atoms with E-state index in [1.54, 1.807) is 6.07 Å². The number of methoxy groups -OCH3 is 1. The second-order valence-electron chi connectivity index (χ2n) is 2.75. The normalized spacial score (nSPS) is 9.47. The summed E-state index contributed by atoms with van der Waals surface area (Å²) in [5, 5.41) is 17.5. The van der Waals surface area contributed by atoms with Crippen molar-refractivity contribution in [1.82, 2.24) is 0 Å². The van der Waals surface area contributed by atoms with Crippen LogP contribution in [0.5, 0.6) is 0 Å². The molecular weight excluding hydrogens is 201 g/mol. The van der Waals surface area contributed by atoms with Gasteiger partial charge in [-0.3, -0.25) is 0 Å². The van der Waals surface area contributed by atoms with Crippen molar-refractivity contribution in [3.63, 3.8) is 0 Å². The number of carbonyl (C=O) groups is 1. The SMILES string of the molecule is COC(=O)c1cc(C#N)c(CO)cc1F. The van der Waals surface area contributed by atoms with Crippen molar-refractivity contribution in [1.29, 1.82) is 5.26 Å². The first-order chi connectivity index (χ1) is 7.13. The molecule has 4 nitrogen and oxygen atoms in total. The number of nitrogens with zero attached hydrogens (tertiary/aromatic N) is 1. The molecular formula is C10H8FNO3. The van der Waals surface area contributed by atoms with Gasteiger partial charge in [-0.2, -0.15) is 5.26 Å². The van der Waals surface area contributed by atoms with Gasteiger partial charge in [0.25, 0.3) is 0 Å². The molecule has 1 aromatic carbocycles. The van der Waals surface area contributed by atoms with Gasteiger partial charge in [0.15, 0.2) is 0 Å². The lowest BCUT2D eigenvalue weighted by atomic mass is 10.0. The number of benzene rings is 1. The van der Waals surface area contributed by atoms with E-state index in [2.05, 4.69) is 4.74 Å². The number of carbonyl (C=O) groups excluding carboxylic acids is 1. The highest BCUT2D eigenvalue weighted by molar-refractivity contribution is 5.90. The van der Waals surface area contributed by atoms with Gasteiger partial charge in [-0.1, -0.05) is 0 Å². The van der Waals surface area contributed by atoms with Gasteiger partial charge in [-0.25, -0.2) is 9.18 Å². The number of aliphatic hydroxyl groups excluding tert-OH is 1. The van der Waals surface area contributed by atoms with Crippen molar-refractivity contribution >= 4 is 5.97 Å². The summed E-state index contributed by atoms with van der Waals surface area (Å²) in [7, 11) is 1.12. The lowest BCUT2D eigenvalue weighted by Crippen LogP contribution is -2.06. The van der Waals surface area contributed by atoms with Gasteiger partial charge in [0.2, 0.25) is 0 Å². The van der Waals surface area contributed by atoms with E-state index in [0.29, 0.717) is 0 Å². The minimum atomic E-state index is -0.853. The molecule has 0 saturated carbocycles. The number of rotatable bonds is 2. The van der Waals surface area contributed by atoms with E-state index in [1.165, 1.54) is 0 Å². The molecule has 1 rings (SSSR count). The third kappa shape index (κ3) is 2.11. The maximum atomic E-state index is 13.3. The number of halogens is 1. The minimum Gasteiger partial charge on any atom is -0.465 e. The lowest BCUT2D eigenvalue weighted by molar-refractivity contribution is 0.0595. The molecule has 0 atom stereocenters. The molecule has 0 unspecified atom stereocenters. The Morgan fingerprint density at radius 1 is 1.67 bits per heavy atom. The summed E-state index contributed by atoms with van der Waals surface area (Å²) in [5.41, 5.74) is -0.117. The van der Waals surface area contributed by atoms with Crippen LogP contribution in [0.1, 0.15) is 21.5 Å². The van der Waals surface area contributed by atoms with Crippen LogP contribution in [0.2, 0.25) is 0 Å². The average molecular weight is 209 g/mol. The summed E-state index contributed by atoms with van der Waals surface area (Å²) in [6.07, 6.45) is 0. The monoisotopic (exact) mass is 209 g/mol. The topological polar surface area (TPSA) is 70.3 Å². The van der Waals surface area contributed by atoms with E-state index < -0.39 is 18.4 Å². The van der Waals surface area contributed by atoms with Crippen molar-refractivity contribution in [3.8, 4) is 6.07 Å².